The number of thioether (sulfide) groups is 1. The number of anilines is 1. The Morgan fingerprint density at radius 3 is 2.45 bits per heavy atom. The van der Waals surface area contributed by atoms with Crippen LogP contribution in [0.15, 0.2) is 58.2 Å². The number of hydrogen-bond donors (Lipinski definition) is 0. The highest BCUT2D eigenvalue weighted by molar-refractivity contribution is 8.08. The standard InChI is InChI=1S/C22H20N3OS3.C2H4O2/c1-4-25-19(13-18-23(2)14-9-5-7-11-16(14)27-18)29-20(21(25)26)22-24(3)15-10-6-8-12-17(15)28-22;1-2(3)4/h5-13H,4H2,1-3H3;1H3,(H,3,4)/q+1;/p-1/b22-20-;. The molecule has 0 fully saturated rings. The van der Waals surface area contributed by atoms with E-state index in [1.165, 1.54) is 15.1 Å². The molecule has 0 aliphatic carbocycles. The van der Waals surface area contributed by atoms with Crippen molar-refractivity contribution in [3.8, 4) is 0 Å². The Morgan fingerprint density at radius 1 is 1.12 bits per heavy atom. The minimum Gasteiger partial charge on any atom is -0.550 e. The number of nitrogens with zero attached hydrogens (tertiary/aromatic N) is 3. The quantitative estimate of drug-likeness (QED) is 0.396. The maximum atomic E-state index is 13.2. The third-order valence-electron chi connectivity index (χ3n) is 5.18. The molecule has 2 aromatic carbocycles. The van der Waals surface area contributed by atoms with E-state index in [4.69, 9.17) is 9.90 Å². The average Bonchev–Trinajstić information content (AvgIpc) is 3.40. The van der Waals surface area contributed by atoms with E-state index in [9.17, 15) is 4.79 Å². The fourth-order valence-corrected chi connectivity index (χ4v) is 7.24. The summed E-state index contributed by atoms with van der Waals surface area (Å²) in [5, 5.41) is 11.0. The van der Waals surface area contributed by atoms with Gasteiger partial charge in [-0.25, -0.2) is 0 Å². The summed E-state index contributed by atoms with van der Waals surface area (Å²) in [6.45, 7) is 3.66. The summed E-state index contributed by atoms with van der Waals surface area (Å²) in [6, 6.07) is 16.7. The molecule has 0 saturated carbocycles. The molecule has 0 atom stereocenters. The first kappa shape index (κ1) is 23.3. The maximum Gasteiger partial charge on any atom is 0.271 e. The van der Waals surface area contributed by atoms with Crippen molar-refractivity contribution in [2.24, 2.45) is 7.05 Å². The van der Waals surface area contributed by atoms with Crippen molar-refractivity contribution in [1.82, 2.24) is 4.57 Å². The molecule has 0 amide bonds. The van der Waals surface area contributed by atoms with Gasteiger partial charge in [-0.05, 0) is 32.0 Å². The largest absolute Gasteiger partial charge is 0.550 e. The van der Waals surface area contributed by atoms with Gasteiger partial charge >= 0.3 is 0 Å². The minimum atomic E-state index is -1.08. The van der Waals surface area contributed by atoms with Gasteiger partial charge in [0.25, 0.3) is 10.6 Å². The summed E-state index contributed by atoms with van der Waals surface area (Å²) in [5.41, 5.74) is 2.46. The Bertz CT molecular complexity index is 1530. The van der Waals surface area contributed by atoms with Crippen molar-refractivity contribution >= 4 is 67.4 Å². The van der Waals surface area contributed by atoms with Gasteiger partial charge in [0, 0.05) is 30.5 Å². The third kappa shape index (κ3) is 4.48. The van der Waals surface area contributed by atoms with E-state index in [0.717, 1.165) is 31.8 Å². The van der Waals surface area contributed by atoms with Crippen LogP contribution in [0.2, 0.25) is 0 Å². The van der Waals surface area contributed by atoms with Crippen LogP contribution in [0.3, 0.4) is 0 Å². The second-order valence-electron chi connectivity index (χ2n) is 7.36. The number of benzene rings is 2. The first-order chi connectivity index (χ1) is 15.8. The van der Waals surface area contributed by atoms with Crippen LogP contribution in [0.4, 0.5) is 5.69 Å². The molecule has 5 rings (SSSR count). The SMILES string of the molecule is CC(=O)[O-].CCn1c(=O)/c(=C2/Sc3ccccc3N2C)s/c1=C/c1sc2ccccc2[n+]1C. The number of carbonyl (C=O) groups is 1. The number of aliphatic carboxylic acids is 1. The van der Waals surface area contributed by atoms with E-state index in [-0.39, 0.29) is 5.56 Å². The monoisotopic (exact) mass is 497 g/mol. The molecule has 9 heteroatoms. The predicted octanol–water partition coefficient (Wildman–Crippen LogP) is 1.86. The molecule has 170 valence electrons. The lowest BCUT2D eigenvalue weighted by Gasteiger charge is -2.11. The fourth-order valence-electron chi connectivity index (χ4n) is 3.62. The van der Waals surface area contributed by atoms with Gasteiger partial charge in [-0.2, -0.15) is 4.57 Å². The van der Waals surface area contributed by atoms with E-state index in [1.807, 2.05) is 30.7 Å². The second-order valence-corrected chi connectivity index (χ2v) is 10.5. The molecule has 4 aromatic rings. The van der Waals surface area contributed by atoms with Gasteiger partial charge in [0.1, 0.15) is 26.0 Å². The van der Waals surface area contributed by atoms with E-state index in [2.05, 4.69) is 59.0 Å². The van der Waals surface area contributed by atoms with Crippen molar-refractivity contribution in [2.75, 3.05) is 11.9 Å². The van der Waals surface area contributed by atoms with Gasteiger partial charge in [0.15, 0.2) is 0 Å². The Balaban J connectivity index is 0.000000601. The van der Waals surface area contributed by atoms with Crippen molar-refractivity contribution in [3.63, 3.8) is 0 Å². The normalized spacial score (nSPS) is 14.9. The van der Waals surface area contributed by atoms with Crippen molar-refractivity contribution < 1.29 is 14.5 Å². The van der Waals surface area contributed by atoms with Crippen LogP contribution in [0.1, 0.15) is 18.9 Å². The zero-order chi connectivity index (χ0) is 23.7. The summed E-state index contributed by atoms with van der Waals surface area (Å²) >= 11 is 5.02. The zero-order valence-electron chi connectivity index (χ0n) is 18.7. The zero-order valence-corrected chi connectivity index (χ0v) is 21.1. The molecule has 0 radical (unpaired) electrons. The number of fused-ring (bicyclic) bond motifs is 2. The predicted molar refractivity (Wildman–Crippen MR) is 135 cm³/mol. The molecule has 2 aromatic heterocycles. The molecule has 6 nitrogen and oxygen atoms in total. The van der Waals surface area contributed by atoms with E-state index < -0.39 is 5.97 Å². The van der Waals surface area contributed by atoms with Gasteiger partial charge < -0.3 is 14.8 Å². The van der Waals surface area contributed by atoms with Gasteiger partial charge in [0.05, 0.1) is 11.8 Å². The number of thiazole rings is 2. The van der Waals surface area contributed by atoms with Gasteiger partial charge in [-0.1, -0.05) is 47.4 Å². The Morgan fingerprint density at radius 2 is 1.79 bits per heavy atom. The molecule has 1 aliphatic heterocycles. The fraction of sp³-hybridized carbons (Fsp3) is 0.208. The molecule has 0 N–H and O–H groups in total. The molecule has 0 unspecified atom stereocenters. The first-order valence-corrected chi connectivity index (χ1v) is 12.8. The lowest BCUT2D eigenvalue weighted by molar-refractivity contribution is -0.642. The van der Waals surface area contributed by atoms with E-state index >= 15 is 0 Å². The van der Waals surface area contributed by atoms with Gasteiger partial charge in [0.2, 0.25) is 5.52 Å². The molecule has 0 saturated heterocycles. The van der Waals surface area contributed by atoms with Crippen LogP contribution in [-0.4, -0.2) is 17.6 Å². The van der Waals surface area contributed by atoms with Crippen LogP contribution in [0, 0.1) is 0 Å². The number of aryl methyl sites for hydroxylation is 1. The summed E-state index contributed by atoms with van der Waals surface area (Å²) in [7, 11) is 4.12. The molecule has 0 spiro atoms. The summed E-state index contributed by atoms with van der Waals surface area (Å²) < 4.78 is 7.13. The van der Waals surface area contributed by atoms with Crippen molar-refractivity contribution in [2.45, 2.75) is 25.3 Å². The Kier molecular flexibility index (Phi) is 6.73. The van der Waals surface area contributed by atoms with Crippen LogP contribution in [0.25, 0.3) is 21.3 Å². The molecule has 1 aliphatic rings. The lowest BCUT2D eigenvalue weighted by Crippen LogP contribution is -2.34. The Hall–Kier alpha value is -2.88. The number of carbonyl (C=O) groups excluding carboxylic acids is 1. The first-order valence-electron chi connectivity index (χ1n) is 10.3. The molecule has 0 bridgehead atoms. The number of hydrogen-bond acceptors (Lipinski definition) is 7. The highest BCUT2D eigenvalue weighted by atomic mass is 32.2. The molecule has 33 heavy (non-hydrogen) atoms. The van der Waals surface area contributed by atoms with Crippen LogP contribution < -0.4 is 29.3 Å². The number of para-hydroxylation sites is 2. The molecular formula is C24H23N3O3S3. The van der Waals surface area contributed by atoms with E-state index in [0.29, 0.717) is 6.54 Å². The van der Waals surface area contributed by atoms with Crippen LogP contribution in [0.5, 0.6) is 0 Å². The van der Waals surface area contributed by atoms with Crippen LogP contribution in [-0.2, 0) is 18.4 Å². The number of carboxylic acid groups (broad SMARTS) is 1. The Labute approximate surface area is 203 Å². The topological polar surface area (TPSA) is 69.2 Å². The average molecular weight is 498 g/mol. The number of aromatic nitrogens is 2. The maximum absolute atomic E-state index is 13.2. The number of carboxylic acids is 1. The van der Waals surface area contributed by atoms with Gasteiger partial charge in [-0.15, -0.1) is 11.3 Å². The smallest absolute Gasteiger partial charge is 0.271 e. The van der Waals surface area contributed by atoms with Gasteiger partial charge in [-0.3, -0.25) is 9.36 Å². The molecule has 3 heterocycles. The highest BCUT2D eigenvalue weighted by Crippen LogP contribution is 2.44. The summed E-state index contributed by atoms with van der Waals surface area (Å²) in [6.07, 6.45) is 2.15. The highest BCUT2D eigenvalue weighted by Gasteiger charge is 2.24. The second kappa shape index (κ2) is 9.54. The summed E-state index contributed by atoms with van der Waals surface area (Å²) in [5.74, 6) is -1.08. The summed E-state index contributed by atoms with van der Waals surface area (Å²) in [4.78, 5) is 25.5. The van der Waals surface area contributed by atoms with Crippen LogP contribution >= 0.6 is 34.4 Å². The van der Waals surface area contributed by atoms with E-state index in [1.54, 1.807) is 34.4 Å². The molecular weight excluding hydrogens is 474 g/mol. The van der Waals surface area contributed by atoms with Crippen molar-refractivity contribution in [1.29, 1.82) is 0 Å². The van der Waals surface area contributed by atoms with Crippen molar-refractivity contribution in [3.05, 3.63) is 73.1 Å². The lowest BCUT2D eigenvalue weighted by atomic mass is 10.3. The third-order valence-corrected chi connectivity index (χ3v) is 8.83. The minimum absolute atomic E-state index is 0.0923. The number of rotatable bonds is 2.